The zero-order valence-electron chi connectivity index (χ0n) is 14.2. The highest BCUT2D eigenvalue weighted by Gasteiger charge is 2.15. The minimum Gasteiger partial charge on any atom is -0.378 e. The monoisotopic (exact) mass is 349 g/mol. The number of para-hydroxylation sites is 2. The van der Waals surface area contributed by atoms with Gasteiger partial charge in [0.05, 0.1) is 24.6 Å². The van der Waals surface area contributed by atoms with Crippen molar-refractivity contribution in [3.8, 4) is 11.3 Å². The molecule has 3 aromatic rings. The summed E-state index contributed by atoms with van der Waals surface area (Å²) in [4.78, 5) is 17.4. The number of nitrogens with one attached hydrogen (secondary N) is 2. The van der Waals surface area contributed by atoms with Crippen LogP contribution < -0.4 is 15.8 Å². The molecule has 0 amide bonds. The fourth-order valence-electron chi connectivity index (χ4n) is 2.97. The van der Waals surface area contributed by atoms with Crippen LogP contribution in [0.1, 0.15) is 0 Å². The summed E-state index contributed by atoms with van der Waals surface area (Å²) < 4.78 is 5.42. The topological polar surface area (TPSA) is 83.1 Å². The zero-order chi connectivity index (χ0) is 17.8. The average Bonchev–Trinajstić information content (AvgIpc) is 2.70. The minimum atomic E-state index is -0.280. The number of ether oxygens (including phenoxy) is 1. The number of morpholine rings is 1. The van der Waals surface area contributed by atoms with Gasteiger partial charge in [0.1, 0.15) is 0 Å². The van der Waals surface area contributed by atoms with Gasteiger partial charge in [0, 0.05) is 18.7 Å². The molecule has 1 aromatic heterocycles. The van der Waals surface area contributed by atoms with Crippen LogP contribution in [0.3, 0.4) is 0 Å². The van der Waals surface area contributed by atoms with Crippen LogP contribution in [0.5, 0.6) is 0 Å². The van der Waals surface area contributed by atoms with Crippen molar-refractivity contribution in [1.82, 2.24) is 15.2 Å². The van der Waals surface area contributed by atoms with E-state index in [-0.39, 0.29) is 5.56 Å². The number of benzene rings is 2. The number of nitrogens with zero attached hydrogens (tertiary/aromatic N) is 3. The predicted molar refractivity (Wildman–Crippen MR) is 101 cm³/mol. The van der Waals surface area contributed by atoms with E-state index in [0.717, 1.165) is 30.0 Å². The first-order valence-corrected chi connectivity index (χ1v) is 8.52. The third-order valence-corrected chi connectivity index (χ3v) is 4.25. The zero-order valence-corrected chi connectivity index (χ0v) is 14.2. The van der Waals surface area contributed by atoms with Crippen LogP contribution in [0.15, 0.2) is 59.4 Å². The molecule has 1 fully saturated rings. The van der Waals surface area contributed by atoms with Gasteiger partial charge in [-0.1, -0.05) is 42.5 Å². The number of rotatable bonds is 4. The molecule has 1 aliphatic heterocycles. The summed E-state index contributed by atoms with van der Waals surface area (Å²) in [7, 11) is 0. The van der Waals surface area contributed by atoms with Crippen LogP contribution in [-0.2, 0) is 4.74 Å². The summed E-state index contributed by atoms with van der Waals surface area (Å²) in [6, 6.07) is 17.2. The molecule has 0 bridgehead atoms. The Balaban J connectivity index is 1.60. The molecular weight excluding hydrogens is 330 g/mol. The summed E-state index contributed by atoms with van der Waals surface area (Å²) in [5, 5.41) is 11.4. The van der Waals surface area contributed by atoms with E-state index in [4.69, 9.17) is 4.74 Å². The van der Waals surface area contributed by atoms with Crippen LogP contribution >= 0.6 is 0 Å². The lowest BCUT2D eigenvalue weighted by Gasteiger charge is -2.30. The van der Waals surface area contributed by atoms with Crippen molar-refractivity contribution in [3.05, 3.63) is 65.0 Å². The first-order chi connectivity index (χ1) is 12.8. The standard InChI is InChI=1S/C19H19N5O2/c25-18-17(14-6-2-1-3-7-14)22-23-19(21-18)20-15-8-4-5-9-16(15)24-10-12-26-13-11-24/h1-9H,10-13H2,(H2,20,21,23,25). The first-order valence-electron chi connectivity index (χ1n) is 8.52. The number of aromatic nitrogens is 3. The lowest BCUT2D eigenvalue weighted by Crippen LogP contribution is -2.36. The summed E-state index contributed by atoms with van der Waals surface area (Å²) in [6.45, 7) is 3.06. The predicted octanol–water partition coefficient (Wildman–Crippen LogP) is 2.41. The van der Waals surface area contributed by atoms with E-state index < -0.39 is 0 Å². The van der Waals surface area contributed by atoms with Gasteiger partial charge in [-0.15, -0.1) is 10.2 Å². The van der Waals surface area contributed by atoms with Crippen molar-refractivity contribution in [2.45, 2.75) is 0 Å². The summed E-state index contributed by atoms with van der Waals surface area (Å²) in [5.74, 6) is 0.315. The second kappa shape index (κ2) is 7.37. The second-order valence-corrected chi connectivity index (χ2v) is 5.96. The van der Waals surface area contributed by atoms with Crippen molar-refractivity contribution in [1.29, 1.82) is 0 Å². The van der Waals surface area contributed by atoms with Gasteiger partial charge in [0.25, 0.3) is 5.56 Å². The molecule has 0 spiro atoms. The number of hydrogen-bond donors (Lipinski definition) is 2. The molecule has 0 aliphatic carbocycles. The van der Waals surface area contributed by atoms with Crippen LogP contribution in [0, 0.1) is 0 Å². The molecule has 132 valence electrons. The molecule has 0 radical (unpaired) electrons. The van der Waals surface area contributed by atoms with Gasteiger partial charge in [-0.25, -0.2) is 0 Å². The molecule has 0 atom stereocenters. The molecular formula is C19H19N5O2. The number of aromatic amines is 1. The molecule has 2 heterocycles. The Morgan fingerprint density at radius 2 is 1.69 bits per heavy atom. The molecule has 0 saturated carbocycles. The van der Waals surface area contributed by atoms with Gasteiger partial charge in [0.15, 0.2) is 5.69 Å². The molecule has 26 heavy (non-hydrogen) atoms. The smallest absolute Gasteiger partial charge is 0.279 e. The highest BCUT2D eigenvalue weighted by atomic mass is 16.5. The highest BCUT2D eigenvalue weighted by Crippen LogP contribution is 2.28. The van der Waals surface area contributed by atoms with E-state index in [2.05, 4.69) is 25.4 Å². The summed E-state index contributed by atoms with van der Waals surface area (Å²) in [6.07, 6.45) is 0. The van der Waals surface area contributed by atoms with E-state index in [1.807, 2.05) is 54.6 Å². The Hall–Kier alpha value is -3.19. The number of hydrogen-bond acceptors (Lipinski definition) is 6. The van der Waals surface area contributed by atoms with E-state index in [1.54, 1.807) is 0 Å². The second-order valence-electron chi connectivity index (χ2n) is 5.96. The fourth-order valence-corrected chi connectivity index (χ4v) is 2.97. The fraction of sp³-hybridized carbons (Fsp3) is 0.211. The van der Waals surface area contributed by atoms with Crippen molar-refractivity contribution in [2.24, 2.45) is 0 Å². The molecule has 0 unspecified atom stereocenters. The Morgan fingerprint density at radius 3 is 2.46 bits per heavy atom. The molecule has 7 nitrogen and oxygen atoms in total. The largest absolute Gasteiger partial charge is 0.378 e. The van der Waals surface area contributed by atoms with Crippen LogP contribution in [-0.4, -0.2) is 41.5 Å². The SMILES string of the molecule is O=c1[nH]c(Nc2ccccc2N2CCOCC2)nnc1-c1ccccc1. The van der Waals surface area contributed by atoms with E-state index in [9.17, 15) is 4.79 Å². The molecule has 2 aromatic carbocycles. The highest BCUT2D eigenvalue weighted by molar-refractivity contribution is 5.73. The quantitative estimate of drug-likeness (QED) is 0.753. The number of anilines is 3. The third-order valence-electron chi connectivity index (χ3n) is 4.25. The minimum absolute atomic E-state index is 0.280. The van der Waals surface area contributed by atoms with Crippen LogP contribution in [0.25, 0.3) is 11.3 Å². The van der Waals surface area contributed by atoms with Gasteiger partial charge in [-0.05, 0) is 12.1 Å². The van der Waals surface area contributed by atoms with E-state index in [0.29, 0.717) is 24.9 Å². The summed E-state index contributed by atoms with van der Waals surface area (Å²) >= 11 is 0. The third kappa shape index (κ3) is 3.43. The Kier molecular flexibility index (Phi) is 4.61. The van der Waals surface area contributed by atoms with E-state index >= 15 is 0 Å². The van der Waals surface area contributed by atoms with Gasteiger partial charge in [0.2, 0.25) is 5.95 Å². The van der Waals surface area contributed by atoms with Crippen LogP contribution in [0.4, 0.5) is 17.3 Å². The lowest BCUT2D eigenvalue weighted by molar-refractivity contribution is 0.123. The maximum atomic E-state index is 12.4. The van der Waals surface area contributed by atoms with Crippen molar-refractivity contribution >= 4 is 17.3 Å². The van der Waals surface area contributed by atoms with Gasteiger partial charge >= 0.3 is 0 Å². The van der Waals surface area contributed by atoms with Crippen molar-refractivity contribution in [2.75, 3.05) is 36.5 Å². The molecule has 7 heteroatoms. The summed E-state index contributed by atoms with van der Waals surface area (Å²) in [5.41, 5.74) is 2.68. The van der Waals surface area contributed by atoms with Gasteiger partial charge < -0.3 is 15.0 Å². The molecule has 4 rings (SSSR count). The van der Waals surface area contributed by atoms with Crippen LogP contribution in [0.2, 0.25) is 0 Å². The Labute approximate surface area is 150 Å². The van der Waals surface area contributed by atoms with E-state index in [1.165, 1.54) is 0 Å². The lowest BCUT2D eigenvalue weighted by atomic mass is 10.2. The first kappa shape index (κ1) is 16.3. The Morgan fingerprint density at radius 1 is 0.962 bits per heavy atom. The number of H-pyrrole nitrogens is 1. The maximum absolute atomic E-state index is 12.4. The van der Waals surface area contributed by atoms with Crippen molar-refractivity contribution < 1.29 is 4.74 Å². The normalized spacial score (nSPS) is 14.2. The van der Waals surface area contributed by atoms with Crippen molar-refractivity contribution in [3.63, 3.8) is 0 Å². The molecule has 2 N–H and O–H groups in total. The molecule has 1 saturated heterocycles. The van der Waals surface area contributed by atoms with Gasteiger partial charge in [-0.2, -0.15) is 0 Å². The average molecular weight is 349 g/mol. The Bertz CT molecular complexity index is 936. The van der Waals surface area contributed by atoms with Gasteiger partial charge in [-0.3, -0.25) is 9.78 Å². The maximum Gasteiger partial charge on any atom is 0.279 e. The molecule has 1 aliphatic rings.